The minimum Gasteiger partial charge on any atom is -0.347 e. The summed E-state index contributed by atoms with van der Waals surface area (Å²) in [6, 6.07) is -0.0000926. The van der Waals surface area contributed by atoms with Crippen molar-refractivity contribution in [3.8, 4) is 0 Å². The molecule has 1 aromatic rings. The topological polar surface area (TPSA) is 57.8 Å². The molecule has 1 aromatic heterocycles. The number of hydrogen-bond donors (Lipinski definition) is 2. The zero-order valence-electron chi connectivity index (χ0n) is 8.87. The van der Waals surface area contributed by atoms with Crippen molar-refractivity contribution in [1.29, 1.82) is 0 Å². The van der Waals surface area contributed by atoms with Gasteiger partial charge < -0.3 is 10.3 Å². The molecule has 0 aromatic carbocycles. The second-order valence-corrected chi connectivity index (χ2v) is 3.60. The maximum atomic E-state index is 11.5. The summed E-state index contributed by atoms with van der Waals surface area (Å²) in [5, 5.41) is 2.94. The lowest BCUT2D eigenvalue weighted by molar-refractivity contribution is -0.124. The van der Waals surface area contributed by atoms with E-state index in [9.17, 15) is 4.79 Å². The van der Waals surface area contributed by atoms with Gasteiger partial charge in [0.1, 0.15) is 5.82 Å². The number of aromatic nitrogens is 2. The molecular formula is C10H17N3O. The molecule has 0 fully saturated rings. The van der Waals surface area contributed by atoms with Crippen molar-refractivity contribution in [2.45, 2.75) is 33.2 Å². The molecule has 4 heteroatoms. The van der Waals surface area contributed by atoms with Crippen molar-refractivity contribution in [2.24, 2.45) is 5.92 Å². The van der Waals surface area contributed by atoms with Crippen LogP contribution in [0.25, 0.3) is 0 Å². The molecule has 0 radical (unpaired) electrons. The lowest BCUT2D eigenvalue weighted by atomic mass is 10.1. The summed E-state index contributed by atoms with van der Waals surface area (Å²) in [7, 11) is 0. The Morgan fingerprint density at radius 1 is 1.64 bits per heavy atom. The maximum absolute atomic E-state index is 11.5. The van der Waals surface area contributed by atoms with Crippen LogP contribution in [0.5, 0.6) is 0 Å². The molecule has 1 heterocycles. The highest BCUT2D eigenvalue weighted by Gasteiger charge is 2.16. The summed E-state index contributed by atoms with van der Waals surface area (Å²) in [6.07, 6.45) is 4.30. The van der Waals surface area contributed by atoms with Gasteiger partial charge in [-0.25, -0.2) is 4.98 Å². The first-order valence-electron chi connectivity index (χ1n) is 4.94. The van der Waals surface area contributed by atoms with E-state index in [0.29, 0.717) is 0 Å². The summed E-state index contributed by atoms with van der Waals surface area (Å²) in [5.74, 6) is 0.897. The number of imidazole rings is 1. The zero-order valence-corrected chi connectivity index (χ0v) is 8.87. The van der Waals surface area contributed by atoms with E-state index in [2.05, 4.69) is 15.3 Å². The zero-order chi connectivity index (χ0) is 10.6. The first-order valence-corrected chi connectivity index (χ1v) is 4.94. The van der Waals surface area contributed by atoms with Crippen LogP contribution >= 0.6 is 0 Å². The van der Waals surface area contributed by atoms with Crippen molar-refractivity contribution >= 4 is 5.91 Å². The van der Waals surface area contributed by atoms with Crippen LogP contribution in [0.4, 0.5) is 0 Å². The molecule has 1 unspecified atom stereocenters. The molecule has 0 aliphatic carbocycles. The summed E-state index contributed by atoms with van der Waals surface area (Å²) in [4.78, 5) is 18.6. The van der Waals surface area contributed by atoms with Crippen LogP contribution < -0.4 is 5.32 Å². The molecule has 1 amide bonds. The van der Waals surface area contributed by atoms with Crippen LogP contribution in [0.1, 0.15) is 39.1 Å². The SMILES string of the molecule is CCC(NC(=O)C(C)C)c1ncc[nH]1. The second kappa shape index (κ2) is 4.79. The molecule has 14 heavy (non-hydrogen) atoms. The van der Waals surface area contributed by atoms with Gasteiger partial charge in [0.2, 0.25) is 5.91 Å². The molecule has 0 spiro atoms. The van der Waals surface area contributed by atoms with E-state index in [1.54, 1.807) is 12.4 Å². The minimum atomic E-state index is -0.0000926. The smallest absolute Gasteiger partial charge is 0.223 e. The Hall–Kier alpha value is -1.32. The van der Waals surface area contributed by atoms with Crippen LogP contribution in [-0.2, 0) is 4.79 Å². The highest BCUT2D eigenvalue weighted by molar-refractivity contribution is 5.78. The molecule has 0 saturated heterocycles. The van der Waals surface area contributed by atoms with Gasteiger partial charge in [-0.15, -0.1) is 0 Å². The molecule has 0 aliphatic heterocycles. The monoisotopic (exact) mass is 195 g/mol. The fourth-order valence-electron chi connectivity index (χ4n) is 1.17. The van der Waals surface area contributed by atoms with E-state index >= 15 is 0 Å². The quantitative estimate of drug-likeness (QED) is 0.767. The molecule has 78 valence electrons. The molecular weight excluding hydrogens is 178 g/mol. The van der Waals surface area contributed by atoms with Gasteiger partial charge in [-0.05, 0) is 6.42 Å². The number of H-pyrrole nitrogens is 1. The van der Waals surface area contributed by atoms with Gasteiger partial charge in [-0.2, -0.15) is 0 Å². The van der Waals surface area contributed by atoms with Crippen molar-refractivity contribution in [3.63, 3.8) is 0 Å². The van der Waals surface area contributed by atoms with Gasteiger partial charge in [0.25, 0.3) is 0 Å². The highest BCUT2D eigenvalue weighted by atomic mass is 16.1. The second-order valence-electron chi connectivity index (χ2n) is 3.60. The van der Waals surface area contributed by atoms with Crippen molar-refractivity contribution in [2.75, 3.05) is 0 Å². The van der Waals surface area contributed by atoms with Crippen LogP contribution in [0.2, 0.25) is 0 Å². The molecule has 1 atom stereocenters. The molecule has 2 N–H and O–H groups in total. The Balaban J connectivity index is 2.61. The summed E-state index contributed by atoms with van der Waals surface area (Å²) >= 11 is 0. The molecule has 4 nitrogen and oxygen atoms in total. The third-order valence-corrected chi connectivity index (χ3v) is 2.10. The van der Waals surface area contributed by atoms with Gasteiger partial charge in [0.05, 0.1) is 6.04 Å². The fraction of sp³-hybridized carbons (Fsp3) is 0.600. The fourth-order valence-corrected chi connectivity index (χ4v) is 1.17. The van der Waals surface area contributed by atoms with Crippen molar-refractivity contribution in [3.05, 3.63) is 18.2 Å². The summed E-state index contributed by atoms with van der Waals surface area (Å²) in [6.45, 7) is 5.78. The van der Waals surface area contributed by atoms with E-state index in [0.717, 1.165) is 12.2 Å². The molecule has 0 aliphatic rings. The minimum absolute atomic E-state index is 0.0000926. The largest absolute Gasteiger partial charge is 0.347 e. The van der Waals surface area contributed by atoms with E-state index < -0.39 is 0 Å². The number of aromatic amines is 1. The Morgan fingerprint density at radius 2 is 2.36 bits per heavy atom. The number of amides is 1. The van der Waals surface area contributed by atoms with E-state index in [1.165, 1.54) is 0 Å². The standard InChI is InChI=1S/C10H17N3O/c1-4-8(9-11-5-6-12-9)13-10(14)7(2)3/h5-8H,4H2,1-3H3,(H,11,12)(H,13,14). The number of carbonyl (C=O) groups is 1. The number of carbonyl (C=O) groups excluding carboxylic acids is 1. The average Bonchev–Trinajstić information content (AvgIpc) is 2.66. The molecule has 0 saturated carbocycles. The Labute approximate surface area is 84.1 Å². The van der Waals surface area contributed by atoms with Crippen molar-refractivity contribution in [1.82, 2.24) is 15.3 Å². The Bertz CT molecular complexity index is 280. The van der Waals surface area contributed by atoms with Gasteiger partial charge >= 0.3 is 0 Å². The van der Waals surface area contributed by atoms with Crippen LogP contribution in [-0.4, -0.2) is 15.9 Å². The van der Waals surface area contributed by atoms with Gasteiger partial charge in [0.15, 0.2) is 0 Å². The Morgan fingerprint density at radius 3 is 2.79 bits per heavy atom. The average molecular weight is 195 g/mol. The van der Waals surface area contributed by atoms with E-state index in [-0.39, 0.29) is 17.9 Å². The lowest BCUT2D eigenvalue weighted by Crippen LogP contribution is -2.32. The molecule has 1 rings (SSSR count). The van der Waals surface area contributed by atoms with Crippen LogP contribution in [0.15, 0.2) is 12.4 Å². The predicted octanol–water partition coefficient (Wildman–Crippen LogP) is 1.63. The van der Waals surface area contributed by atoms with Crippen LogP contribution in [0, 0.1) is 5.92 Å². The first kappa shape index (κ1) is 10.8. The van der Waals surface area contributed by atoms with E-state index in [1.807, 2.05) is 20.8 Å². The number of rotatable bonds is 4. The molecule has 0 bridgehead atoms. The highest BCUT2D eigenvalue weighted by Crippen LogP contribution is 2.11. The van der Waals surface area contributed by atoms with Gasteiger partial charge in [-0.1, -0.05) is 20.8 Å². The lowest BCUT2D eigenvalue weighted by Gasteiger charge is -2.16. The van der Waals surface area contributed by atoms with Crippen LogP contribution in [0.3, 0.4) is 0 Å². The normalized spacial score (nSPS) is 12.9. The number of nitrogens with zero attached hydrogens (tertiary/aromatic N) is 1. The van der Waals surface area contributed by atoms with E-state index in [4.69, 9.17) is 0 Å². The third kappa shape index (κ3) is 2.58. The third-order valence-electron chi connectivity index (χ3n) is 2.10. The first-order chi connectivity index (χ1) is 6.65. The summed E-state index contributed by atoms with van der Waals surface area (Å²) < 4.78 is 0. The Kier molecular flexibility index (Phi) is 3.68. The maximum Gasteiger partial charge on any atom is 0.223 e. The number of hydrogen-bond acceptors (Lipinski definition) is 2. The number of nitrogens with one attached hydrogen (secondary N) is 2. The van der Waals surface area contributed by atoms with Crippen molar-refractivity contribution < 1.29 is 4.79 Å². The van der Waals surface area contributed by atoms with Gasteiger partial charge in [0, 0.05) is 18.3 Å². The van der Waals surface area contributed by atoms with Gasteiger partial charge in [-0.3, -0.25) is 4.79 Å². The predicted molar refractivity (Wildman–Crippen MR) is 54.6 cm³/mol. The summed E-state index contributed by atoms with van der Waals surface area (Å²) in [5.41, 5.74) is 0.